The Kier molecular flexibility index (Phi) is 4.18. The fourth-order valence-electron chi connectivity index (χ4n) is 4.23. The second-order valence-electron chi connectivity index (χ2n) is 7.39. The number of amides is 1. The minimum atomic E-state index is -0.426. The van der Waals surface area contributed by atoms with Gasteiger partial charge < -0.3 is 14.8 Å². The summed E-state index contributed by atoms with van der Waals surface area (Å²) in [5.74, 6) is 1.31. The van der Waals surface area contributed by atoms with E-state index in [1.807, 2.05) is 4.90 Å². The number of fused-ring (bicyclic) bond motifs is 2. The minimum Gasteiger partial charge on any atom is -0.341 e. The quantitative estimate of drug-likeness (QED) is 0.733. The molecule has 4 rings (SSSR count). The summed E-state index contributed by atoms with van der Waals surface area (Å²) in [6, 6.07) is 0. The Balaban J connectivity index is 1.58. The van der Waals surface area contributed by atoms with Crippen LogP contribution < -0.4 is 16.6 Å². The molecule has 2 atom stereocenters. The zero-order valence-corrected chi connectivity index (χ0v) is 15.1. The van der Waals surface area contributed by atoms with Crippen molar-refractivity contribution in [1.29, 1.82) is 0 Å². The van der Waals surface area contributed by atoms with Gasteiger partial charge in [-0.1, -0.05) is 0 Å². The molecule has 1 N–H and O–H groups in total. The molecule has 2 fully saturated rings. The van der Waals surface area contributed by atoms with Crippen molar-refractivity contribution < 1.29 is 4.79 Å². The van der Waals surface area contributed by atoms with Gasteiger partial charge in [-0.3, -0.25) is 18.7 Å². The van der Waals surface area contributed by atoms with Crippen molar-refractivity contribution in [2.45, 2.75) is 19.4 Å². The molecule has 9 nitrogen and oxygen atoms in total. The van der Waals surface area contributed by atoms with Gasteiger partial charge in [-0.05, 0) is 37.8 Å². The van der Waals surface area contributed by atoms with Gasteiger partial charge in [0.15, 0.2) is 11.2 Å². The summed E-state index contributed by atoms with van der Waals surface area (Å²) < 4.78 is 3.94. The normalized spacial score (nSPS) is 23.2. The van der Waals surface area contributed by atoms with Crippen LogP contribution in [0.1, 0.15) is 12.8 Å². The van der Waals surface area contributed by atoms with E-state index in [2.05, 4.69) is 10.3 Å². The van der Waals surface area contributed by atoms with Crippen molar-refractivity contribution >= 4 is 17.1 Å². The van der Waals surface area contributed by atoms with Gasteiger partial charge in [0, 0.05) is 27.2 Å². The number of aromatic nitrogens is 4. The van der Waals surface area contributed by atoms with Gasteiger partial charge in [0.05, 0.1) is 6.33 Å². The van der Waals surface area contributed by atoms with Crippen LogP contribution in [-0.4, -0.2) is 55.7 Å². The zero-order valence-electron chi connectivity index (χ0n) is 15.1. The molecule has 2 aliphatic rings. The molecular weight excluding hydrogens is 336 g/mol. The number of nitrogens with zero attached hydrogens (tertiary/aromatic N) is 5. The van der Waals surface area contributed by atoms with E-state index < -0.39 is 11.2 Å². The van der Waals surface area contributed by atoms with Crippen molar-refractivity contribution in [3.63, 3.8) is 0 Å². The molecule has 2 saturated heterocycles. The van der Waals surface area contributed by atoms with E-state index in [0.717, 1.165) is 43.6 Å². The van der Waals surface area contributed by atoms with Crippen LogP contribution in [0.3, 0.4) is 0 Å². The van der Waals surface area contributed by atoms with Crippen LogP contribution in [0.15, 0.2) is 15.9 Å². The summed E-state index contributed by atoms with van der Waals surface area (Å²) in [7, 11) is 3.01. The Morgan fingerprint density at radius 1 is 1.15 bits per heavy atom. The van der Waals surface area contributed by atoms with Crippen LogP contribution >= 0.6 is 0 Å². The molecule has 0 saturated carbocycles. The molecule has 0 bridgehead atoms. The standard InChI is InChI=1S/C17H24N6O3/c1-20-15-14(16(25)21(2)17(20)26)23(10-19-15)9-13(24)22-5-3-11-7-18-8-12(11)4-6-22/h10-12,18H,3-9H2,1-2H3/t11-,12+. The maximum atomic E-state index is 12.8. The van der Waals surface area contributed by atoms with Crippen molar-refractivity contribution in [3.05, 3.63) is 27.2 Å². The first-order chi connectivity index (χ1) is 12.5. The highest BCUT2D eigenvalue weighted by atomic mass is 16.2. The highest BCUT2D eigenvalue weighted by Crippen LogP contribution is 2.27. The van der Waals surface area contributed by atoms with Crippen molar-refractivity contribution in [2.75, 3.05) is 26.2 Å². The predicted octanol–water partition coefficient (Wildman–Crippen LogP) is -1.11. The summed E-state index contributed by atoms with van der Waals surface area (Å²) in [6.45, 7) is 3.67. The molecule has 0 unspecified atom stereocenters. The lowest BCUT2D eigenvalue weighted by molar-refractivity contribution is -0.131. The smallest absolute Gasteiger partial charge is 0.332 e. The molecule has 1 amide bonds. The topological polar surface area (TPSA) is 94.2 Å². The molecule has 0 radical (unpaired) electrons. The van der Waals surface area contributed by atoms with E-state index in [0.29, 0.717) is 23.0 Å². The summed E-state index contributed by atoms with van der Waals surface area (Å²) in [5.41, 5.74) is -0.252. The molecule has 2 aromatic heterocycles. The van der Waals surface area contributed by atoms with Crippen LogP contribution in [0.2, 0.25) is 0 Å². The Bertz CT molecular complexity index is 957. The lowest BCUT2D eigenvalue weighted by atomic mass is 9.92. The van der Waals surface area contributed by atoms with Crippen LogP contribution in [0.25, 0.3) is 11.2 Å². The highest BCUT2D eigenvalue weighted by molar-refractivity contribution is 5.79. The van der Waals surface area contributed by atoms with E-state index in [4.69, 9.17) is 0 Å². The molecule has 9 heteroatoms. The summed E-state index contributed by atoms with van der Waals surface area (Å²) >= 11 is 0. The zero-order chi connectivity index (χ0) is 18.4. The average Bonchev–Trinajstić information content (AvgIpc) is 3.20. The van der Waals surface area contributed by atoms with Gasteiger partial charge in [-0.2, -0.15) is 0 Å². The minimum absolute atomic E-state index is 0.00635. The van der Waals surface area contributed by atoms with E-state index >= 15 is 0 Å². The summed E-state index contributed by atoms with van der Waals surface area (Å²) in [5, 5.41) is 3.43. The van der Waals surface area contributed by atoms with Gasteiger partial charge in [0.25, 0.3) is 5.56 Å². The Morgan fingerprint density at radius 3 is 2.46 bits per heavy atom. The largest absolute Gasteiger partial charge is 0.341 e. The number of carbonyl (C=O) groups is 1. The van der Waals surface area contributed by atoms with Gasteiger partial charge in [0.1, 0.15) is 6.54 Å². The molecule has 4 heterocycles. The third-order valence-corrected chi connectivity index (χ3v) is 5.89. The number of hydrogen-bond acceptors (Lipinski definition) is 5. The van der Waals surface area contributed by atoms with Crippen molar-refractivity contribution in [3.8, 4) is 0 Å². The molecule has 26 heavy (non-hydrogen) atoms. The third kappa shape index (κ3) is 2.66. The SMILES string of the molecule is Cn1c(=O)c2c(ncn2CC(=O)N2CC[C@@H]3CNC[C@@H]3CC2)n(C)c1=O. The van der Waals surface area contributed by atoms with E-state index in [1.54, 1.807) is 11.6 Å². The molecule has 2 aliphatic heterocycles. The molecule has 140 valence electrons. The Hall–Kier alpha value is -2.42. The molecule has 0 spiro atoms. The second-order valence-corrected chi connectivity index (χ2v) is 7.39. The molecule has 2 aromatic rings. The van der Waals surface area contributed by atoms with E-state index in [1.165, 1.54) is 17.9 Å². The van der Waals surface area contributed by atoms with E-state index in [-0.39, 0.29) is 12.5 Å². The van der Waals surface area contributed by atoms with Crippen molar-refractivity contribution in [2.24, 2.45) is 25.9 Å². The van der Waals surface area contributed by atoms with Gasteiger partial charge in [0.2, 0.25) is 5.91 Å². The molecular formula is C17H24N6O3. The number of likely N-dealkylation sites (tertiary alicyclic amines) is 1. The van der Waals surface area contributed by atoms with Crippen LogP contribution in [0, 0.1) is 11.8 Å². The highest BCUT2D eigenvalue weighted by Gasteiger charge is 2.31. The average molecular weight is 360 g/mol. The first-order valence-electron chi connectivity index (χ1n) is 9.06. The number of aryl methyl sites for hydroxylation is 1. The summed E-state index contributed by atoms with van der Waals surface area (Å²) in [4.78, 5) is 43.4. The fraction of sp³-hybridized carbons (Fsp3) is 0.647. The first kappa shape index (κ1) is 17.0. The second kappa shape index (κ2) is 6.39. The lowest BCUT2D eigenvalue weighted by Crippen LogP contribution is -2.39. The Labute approximate surface area is 150 Å². The van der Waals surface area contributed by atoms with Crippen LogP contribution in [0.4, 0.5) is 0 Å². The van der Waals surface area contributed by atoms with Crippen molar-refractivity contribution in [1.82, 2.24) is 28.9 Å². The molecule has 0 aromatic carbocycles. The third-order valence-electron chi connectivity index (χ3n) is 5.89. The van der Waals surface area contributed by atoms with E-state index in [9.17, 15) is 14.4 Å². The number of nitrogens with one attached hydrogen (secondary N) is 1. The van der Waals surface area contributed by atoms with Crippen LogP contribution in [-0.2, 0) is 25.4 Å². The Morgan fingerprint density at radius 2 is 1.81 bits per heavy atom. The predicted molar refractivity (Wildman–Crippen MR) is 95.9 cm³/mol. The molecule has 0 aliphatic carbocycles. The monoisotopic (exact) mass is 360 g/mol. The fourth-order valence-corrected chi connectivity index (χ4v) is 4.23. The van der Waals surface area contributed by atoms with Gasteiger partial charge in [-0.15, -0.1) is 0 Å². The van der Waals surface area contributed by atoms with Gasteiger partial charge in [-0.25, -0.2) is 9.78 Å². The number of imidazole rings is 1. The number of hydrogen-bond donors (Lipinski definition) is 1. The first-order valence-corrected chi connectivity index (χ1v) is 9.06. The number of carbonyl (C=O) groups excluding carboxylic acids is 1. The number of rotatable bonds is 2. The maximum absolute atomic E-state index is 12.8. The van der Waals surface area contributed by atoms with Gasteiger partial charge >= 0.3 is 5.69 Å². The maximum Gasteiger partial charge on any atom is 0.332 e. The van der Waals surface area contributed by atoms with Crippen LogP contribution in [0.5, 0.6) is 0 Å². The summed E-state index contributed by atoms with van der Waals surface area (Å²) in [6.07, 6.45) is 3.51. The lowest BCUT2D eigenvalue weighted by Gasteiger charge is -2.21.